The number of aryl methyl sites for hydroxylation is 4. The Kier molecular flexibility index (Phi) is 4.60. The molecule has 0 aliphatic carbocycles. The lowest BCUT2D eigenvalue weighted by Crippen LogP contribution is -2.16. The van der Waals surface area contributed by atoms with Crippen molar-refractivity contribution >= 4 is 22.4 Å². The molecule has 0 unspecified atom stereocenters. The van der Waals surface area contributed by atoms with E-state index in [4.69, 9.17) is 0 Å². The Labute approximate surface area is 167 Å². The number of benzene rings is 1. The molecule has 1 amide bonds. The molecule has 1 N–H and O–H groups in total. The number of hydrogen-bond donors (Lipinski definition) is 1. The summed E-state index contributed by atoms with van der Waals surface area (Å²) in [5.74, 6) is 0.523. The third-order valence-corrected chi connectivity index (χ3v) is 5.54. The number of amides is 1. The van der Waals surface area contributed by atoms with E-state index >= 15 is 0 Å². The van der Waals surface area contributed by atoms with Gasteiger partial charge in [0.05, 0.1) is 11.9 Å². The van der Waals surface area contributed by atoms with Crippen LogP contribution in [0.2, 0.25) is 0 Å². The van der Waals surface area contributed by atoms with E-state index in [1.165, 1.54) is 11.3 Å². The first-order valence-electron chi connectivity index (χ1n) is 8.96. The number of thiazole rings is 1. The van der Waals surface area contributed by atoms with Crippen molar-refractivity contribution in [3.63, 3.8) is 0 Å². The van der Waals surface area contributed by atoms with Crippen molar-refractivity contribution in [2.24, 2.45) is 7.05 Å². The summed E-state index contributed by atoms with van der Waals surface area (Å²) in [5, 5.41) is 9.75. The van der Waals surface area contributed by atoms with Crippen molar-refractivity contribution in [2.75, 3.05) is 5.32 Å². The molecule has 0 atom stereocenters. The summed E-state index contributed by atoms with van der Waals surface area (Å²) in [5.41, 5.74) is 5.69. The van der Waals surface area contributed by atoms with Crippen LogP contribution in [-0.2, 0) is 7.05 Å². The Bertz CT molecular complexity index is 1150. The fourth-order valence-electron chi connectivity index (χ4n) is 3.34. The zero-order valence-electron chi connectivity index (χ0n) is 16.2. The lowest BCUT2D eigenvalue weighted by atomic mass is 10.1. The number of carbonyl (C=O) groups excluding carboxylic acids is 1. The molecule has 6 nitrogen and oxygen atoms in total. The Morgan fingerprint density at radius 1 is 1.07 bits per heavy atom. The van der Waals surface area contributed by atoms with Gasteiger partial charge in [-0.3, -0.25) is 14.8 Å². The van der Waals surface area contributed by atoms with Gasteiger partial charge in [-0.25, -0.2) is 4.98 Å². The maximum Gasteiger partial charge on any atom is 0.262 e. The predicted octanol–water partition coefficient (Wildman–Crippen LogP) is 4.51. The highest BCUT2D eigenvalue weighted by atomic mass is 32.1. The molecule has 1 aromatic carbocycles. The molecule has 0 radical (unpaired) electrons. The van der Waals surface area contributed by atoms with E-state index < -0.39 is 0 Å². The average molecular weight is 392 g/mol. The molecule has 0 aliphatic rings. The van der Waals surface area contributed by atoms with E-state index in [0.717, 1.165) is 34.0 Å². The van der Waals surface area contributed by atoms with Crippen LogP contribution in [0.5, 0.6) is 0 Å². The van der Waals surface area contributed by atoms with Crippen LogP contribution in [0, 0.1) is 20.8 Å². The molecule has 3 aromatic heterocycles. The number of anilines is 1. The van der Waals surface area contributed by atoms with E-state index in [1.807, 2.05) is 61.2 Å². The number of aromatic nitrogens is 4. The summed E-state index contributed by atoms with van der Waals surface area (Å²) in [6, 6.07) is 12.1. The van der Waals surface area contributed by atoms with E-state index in [2.05, 4.69) is 28.4 Å². The number of nitrogens with zero attached hydrogens (tertiary/aromatic N) is 4. The van der Waals surface area contributed by atoms with Crippen LogP contribution in [0.4, 0.5) is 5.13 Å². The van der Waals surface area contributed by atoms with Crippen molar-refractivity contribution in [3.05, 3.63) is 70.5 Å². The number of nitrogens with one attached hydrogen (secondary N) is 1. The van der Waals surface area contributed by atoms with Crippen LogP contribution in [0.3, 0.4) is 0 Å². The van der Waals surface area contributed by atoms with Gasteiger partial charge < -0.3 is 4.57 Å². The van der Waals surface area contributed by atoms with Crippen molar-refractivity contribution < 1.29 is 4.79 Å². The third-order valence-electron chi connectivity index (χ3n) is 4.78. The fourth-order valence-corrected chi connectivity index (χ4v) is 4.04. The molecule has 0 spiro atoms. The minimum Gasteiger partial charge on any atom is -0.303 e. The van der Waals surface area contributed by atoms with Gasteiger partial charge >= 0.3 is 0 Å². The van der Waals surface area contributed by atoms with E-state index in [9.17, 15) is 4.79 Å². The van der Waals surface area contributed by atoms with Crippen LogP contribution in [0.1, 0.15) is 27.3 Å². The van der Waals surface area contributed by atoms with Crippen LogP contribution in [0.15, 0.2) is 48.0 Å². The van der Waals surface area contributed by atoms with Gasteiger partial charge in [0.25, 0.3) is 5.91 Å². The van der Waals surface area contributed by atoms with E-state index in [-0.39, 0.29) is 5.91 Å². The lowest BCUT2D eigenvalue weighted by molar-refractivity contribution is 0.102. The first-order chi connectivity index (χ1) is 13.5. The summed E-state index contributed by atoms with van der Waals surface area (Å²) in [4.78, 5) is 17.6. The standard InChI is InChI=1S/C21H21N5OS/c1-13-7-5-6-8-16(13)18-12-28-21(23-18)24-19(27)17-11-22-25(4)20(17)26-14(2)9-10-15(26)3/h5-12H,1-4H3,(H,23,24,27). The molecule has 28 heavy (non-hydrogen) atoms. The van der Waals surface area contributed by atoms with Gasteiger partial charge in [-0.05, 0) is 38.5 Å². The van der Waals surface area contributed by atoms with Gasteiger partial charge in [0, 0.05) is 29.4 Å². The maximum absolute atomic E-state index is 13.0. The van der Waals surface area contributed by atoms with Crippen molar-refractivity contribution in [2.45, 2.75) is 20.8 Å². The van der Waals surface area contributed by atoms with Gasteiger partial charge in [0.15, 0.2) is 5.13 Å². The monoisotopic (exact) mass is 391 g/mol. The molecule has 0 bridgehead atoms. The zero-order chi connectivity index (χ0) is 19.8. The lowest BCUT2D eigenvalue weighted by Gasteiger charge is -2.12. The first-order valence-corrected chi connectivity index (χ1v) is 9.84. The molecular formula is C21H21N5OS. The highest BCUT2D eigenvalue weighted by molar-refractivity contribution is 7.14. The van der Waals surface area contributed by atoms with Crippen LogP contribution in [-0.4, -0.2) is 25.2 Å². The SMILES string of the molecule is Cc1ccccc1-c1csc(NC(=O)c2cnn(C)c2-n2c(C)ccc2C)n1. The molecule has 4 aromatic rings. The van der Waals surface area contributed by atoms with Crippen LogP contribution in [0.25, 0.3) is 17.1 Å². The summed E-state index contributed by atoms with van der Waals surface area (Å²) < 4.78 is 3.75. The second-order valence-electron chi connectivity index (χ2n) is 6.76. The van der Waals surface area contributed by atoms with Crippen molar-refractivity contribution in [1.82, 2.24) is 19.3 Å². The van der Waals surface area contributed by atoms with E-state index in [1.54, 1.807) is 10.9 Å². The summed E-state index contributed by atoms with van der Waals surface area (Å²) >= 11 is 1.42. The van der Waals surface area contributed by atoms with Gasteiger partial charge in [-0.1, -0.05) is 24.3 Å². The highest BCUT2D eigenvalue weighted by Crippen LogP contribution is 2.28. The predicted molar refractivity (Wildman–Crippen MR) is 112 cm³/mol. The zero-order valence-corrected chi connectivity index (χ0v) is 17.0. The molecule has 4 rings (SSSR count). The quantitative estimate of drug-likeness (QED) is 0.557. The van der Waals surface area contributed by atoms with Crippen molar-refractivity contribution in [3.8, 4) is 17.1 Å². The Morgan fingerprint density at radius 2 is 1.79 bits per heavy atom. The van der Waals surface area contributed by atoms with Crippen LogP contribution < -0.4 is 5.32 Å². The molecular weight excluding hydrogens is 370 g/mol. The molecule has 0 saturated carbocycles. The fraction of sp³-hybridized carbons (Fsp3) is 0.190. The highest BCUT2D eigenvalue weighted by Gasteiger charge is 2.21. The van der Waals surface area contributed by atoms with Gasteiger partial charge in [-0.15, -0.1) is 11.3 Å². The van der Waals surface area contributed by atoms with Crippen LogP contribution >= 0.6 is 11.3 Å². The minimum atomic E-state index is -0.221. The topological polar surface area (TPSA) is 64.7 Å². The first kappa shape index (κ1) is 18.2. The van der Waals surface area contributed by atoms with Gasteiger partial charge in [-0.2, -0.15) is 5.10 Å². The van der Waals surface area contributed by atoms with Crippen molar-refractivity contribution in [1.29, 1.82) is 0 Å². The summed E-state index contributed by atoms with van der Waals surface area (Å²) in [6.45, 7) is 6.07. The average Bonchev–Trinajstić information content (AvgIpc) is 3.35. The Balaban J connectivity index is 1.64. The normalized spacial score (nSPS) is 11.0. The molecule has 0 saturated heterocycles. The molecule has 3 heterocycles. The van der Waals surface area contributed by atoms with E-state index in [0.29, 0.717) is 10.7 Å². The number of rotatable bonds is 4. The summed E-state index contributed by atoms with van der Waals surface area (Å²) in [6.07, 6.45) is 1.60. The molecule has 7 heteroatoms. The van der Waals surface area contributed by atoms with Gasteiger partial charge in [0.1, 0.15) is 11.4 Å². The smallest absolute Gasteiger partial charge is 0.262 e. The third kappa shape index (κ3) is 3.14. The largest absolute Gasteiger partial charge is 0.303 e. The molecule has 142 valence electrons. The maximum atomic E-state index is 13.0. The second-order valence-corrected chi connectivity index (χ2v) is 7.62. The Hall–Kier alpha value is -3.19. The second kappa shape index (κ2) is 7.09. The minimum absolute atomic E-state index is 0.221. The Morgan fingerprint density at radius 3 is 2.50 bits per heavy atom. The summed E-state index contributed by atoms with van der Waals surface area (Å²) in [7, 11) is 1.84. The molecule has 0 aliphatic heterocycles. The molecule has 0 fully saturated rings. The number of carbonyl (C=O) groups is 1. The van der Waals surface area contributed by atoms with Gasteiger partial charge in [0.2, 0.25) is 0 Å². The number of hydrogen-bond acceptors (Lipinski definition) is 4.